The number of nitrogens with two attached hydrogens (primary N) is 1. The average molecular weight is 336 g/mol. The number of hydrogen-bond donors (Lipinski definition) is 1. The van der Waals surface area contributed by atoms with Gasteiger partial charge in [0.05, 0.1) is 0 Å². The number of hydrogen-bond acceptors (Lipinski definition) is 2. The van der Waals surface area contributed by atoms with Gasteiger partial charge in [0.2, 0.25) is 5.91 Å². The summed E-state index contributed by atoms with van der Waals surface area (Å²) in [6, 6.07) is 1.14. The summed E-state index contributed by atoms with van der Waals surface area (Å²) < 4.78 is 65.7. The lowest BCUT2D eigenvalue weighted by Gasteiger charge is -2.39. The second-order valence-corrected chi connectivity index (χ2v) is 5.65. The van der Waals surface area contributed by atoms with Crippen molar-refractivity contribution in [1.29, 1.82) is 0 Å². The molecule has 1 aromatic rings. The van der Waals surface area contributed by atoms with E-state index in [1.807, 2.05) is 0 Å². The van der Waals surface area contributed by atoms with Gasteiger partial charge in [-0.25, -0.2) is 8.78 Å². The second kappa shape index (κ2) is 6.82. The van der Waals surface area contributed by atoms with E-state index in [1.165, 1.54) is 12.1 Å². The molecule has 0 radical (unpaired) electrons. The third-order valence-electron chi connectivity index (χ3n) is 3.96. The van der Waals surface area contributed by atoms with E-state index in [9.17, 15) is 26.7 Å². The summed E-state index contributed by atoms with van der Waals surface area (Å²) in [6.45, 7) is -0.186. The Kier molecular flexibility index (Phi) is 5.23. The van der Waals surface area contributed by atoms with Crippen molar-refractivity contribution in [1.82, 2.24) is 4.90 Å². The predicted molar refractivity (Wildman–Crippen MR) is 73.4 cm³/mol. The molecule has 0 saturated carbocycles. The maximum atomic E-state index is 13.5. The summed E-state index contributed by atoms with van der Waals surface area (Å²) in [6.07, 6.45) is -5.09. The quantitative estimate of drug-likeness (QED) is 0.863. The van der Waals surface area contributed by atoms with Gasteiger partial charge in [0.15, 0.2) is 11.6 Å². The number of nitrogens with zero attached hydrogens (tertiary/aromatic N) is 1. The highest BCUT2D eigenvalue weighted by Crippen LogP contribution is 2.32. The molecule has 1 aliphatic rings. The molecule has 1 aliphatic heterocycles. The molecule has 0 aliphatic carbocycles. The van der Waals surface area contributed by atoms with Gasteiger partial charge < -0.3 is 10.6 Å². The standard InChI is InChI=1S/C15H17F5N2O/c16-11-3-1-2-9(14(11)17)4-7-13(23)22-8-10(21)5-6-12(22)15(18,19)20/h1-3,10,12H,4-8,21H2/t10-,12+/m1/s1. The molecule has 1 saturated heterocycles. The third kappa shape index (κ3) is 4.19. The van der Waals surface area contributed by atoms with Crippen LogP contribution < -0.4 is 5.73 Å². The van der Waals surface area contributed by atoms with Crippen molar-refractivity contribution in [3.05, 3.63) is 35.4 Å². The van der Waals surface area contributed by atoms with Crippen LogP contribution in [0.1, 0.15) is 24.8 Å². The zero-order valence-electron chi connectivity index (χ0n) is 12.2. The zero-order valence-corrected chi connectivity index (χ0v) is 12.2. The summed E-state index contributed by atoms with van der Waals surface area (Å²) in [4.78, 5) is 12.8. The molecular formula is C15H17F5N2O. The monoisotopic (exact) mass is 336 g/mol. The lowest BCUT2D eigenvalue weighted by molar-refractivity contribution is -0.196. The van der Waals surface area contributed by atoms with Crippen LogP contribution in [0.15, 0.2) is 18.2 Å². The van der Waals surface area contributed by atoms with Crippen molar-refractivity contribution in [2.75, 3.05) is 6.54 Å². The molecular weight excluding hydrogens is 319 g/mol. The number of piperidine rings is 1. The fraction of sp³-hybridized carbons (Fsp3) is 0.533. The van der Waals surface area contributed by atoms with Crippen LogP contribution in [-0.4, -0.2) is 35.6 Å². The Hall–Kier alpha value is -1.70. The number of halogens is 5. The van der Waals surface area contributed by atoms with Crippen molar-refractivity contribution < 1.29 is 26.7 Å². The van der Waals surface area contributed by atoms with Gasteiger partial charge in [-0.2, -0.15) is 13.2 Å². The number of amides is 1. The summed E-state index contributed by atoms with van der Waals surface area (Å²) in [5.41, 5.74) is 5.61. The first-order chi connectivity index (χ1) is 10.7. The maximum absolute atomic E-state index is 13.5. The molecule has 2 rings (SSSR count). The Morgan fingerprint density at radius 2 is 1.96 bits per heavy atom. The highest BCUT2D eigenvalue weighted by molar-refractivity contribution is 5.77. The molecule has 2 N–H and O–H groups in total. The fourth-order valence-electron chi connectivity index (χ4n) is 2.74. The molecule has 0 aromatic heterocycles. The van der Waals surface area contributed by atoms with Crippen LogP contribution in [0.5, 0.6) is 0 Å². The zero-order chi connectivity index (χ0) is 17.2. The van der Waals surface area contributed by atoms with E-state index < -0.39 is 35.8 Å². The molecule has 1 fully saturated rings. The number of carbonyl (C=O) groups is 1. The van der Waals surface area contributed by atoms with Crippen LogP contribution in [-0.2, 0) is 11.2 Å². The van der Waals surface area contributed by atoms with E-state index >= 15 is 0 Å². The first-order valence-electron chi connectivity index (χ1n) is 7.24. The highest BCUT2D eigenvalue weighted by Gasteiger charge is 2.47. The Bertz CT molecular complexity index is 575. The number of rotatable bonds is 3. The minimum absolute atomic E-state index is 0.0387. The number of benzene rings is 1. The number of alkyl halides is 3. The molecule has 2 atom stereocenters. The van der Waals surface area contributed by atoms with Crippen LogP contribution in [0, 0.1) is 11.6 Å². The van der Waals surface area contributed by atoms with Gasteiger partial charge in [0, 0.05) is 19.0 Å². The van der Waals surface area contributed by atoms with Gasteiger partial charge >= 0.3 is 6.18 Å². The van der Waals surface area contributed by atoms with E-state index in [0.717, 1.165) is 6.07 Å². The van der Waals surface area contributed by atoms with Gasteiger partial charge in [-0.1, -0.05) is 12.1 Å². The summed E-state index contributed by atoms with van der Waals surface area (Å²) >= 11 is 0. The Labute approximate surface area is 130 Å². The highest BCUT2D eigenvalue weighted by atomic mass is 19.4. The van der Waals surface area contributed by atoms with Crippen LogP contribution in [0.3, 0.4) is 0 Å². The van der Waals surface area contributed by atoms with Gasteiger partial charge in [-0.3, -0.25) is 4.79 Å². The Morgan fingerprint density at radius 1 is 1.26 bits per heavy atom. The molecule has 0 unspecified atom stereocenters. The first-order valence-corrected chi connectivity index (χ1v) is 7.24. The first kappa shape index (κ1) is 17.7. The van der Waals surface area contributed by atoms with Crippen LogP contribution in [0.2, 0.25) is 0 Å². The molecule has 8 heteroatoms. The lowest BCUT2D eigenvalue weighted by Crippen LogP contribution is -2.56. The number of likely N-dealkylation sites (tertiary alicyclic amines) is 1. The van der Waals surface area contributed by atoms with Gasteiger partial charge in [0.1, 0.15) is 6.04 Å². The van der Waals surface area contributed by atoms with Gasteiger partial charge in [-0.15, -0.1) is 0 Å². The molecule has 0 spiro atoms. The van der Waals surface area contributed by atoms with Crippen LogP contribution in [0.25, 0.3) is 0 Å². The maximum Gasteiger partial charge on any atom is 0.408 e. The smallest absolute Gasteiger partial charge is 0.329 e. The van der Waals surface area contributed by atoms with Gasteiger partial charge in [-0.05, 0) is 30.9 Å². The number of carbonyl (C=O) groups excluding carboxylic acids is 1. The largest absolute Gasteiger partial charge is 0.408 e. The second-order valence-electron chi connectivity index (χ2n) is 5.65. The topological polar surface area (TPSA) is 46.3 Å². The van der Waals surface area contributed by atoms with Crippen molar-refractivity contribution in [2.24, 2.45) is 5.73 Å². The fourth-order valence-corrected chi connectivity index (χ4v) is 2.74. The minimum atomic E-state index is -4.53. The molecule has 128 valence electrons. The Morgan fingerprint density at radius 3 is 2.61 bits per heavy atom. The molecule has 23 heavy (non-hydrogen) atoms. The number of aryl methyl sites for hydroxylation is 1. The van der Waals surface area contributed by atoms with Crippen LogP contribution >= 0.6 is 0 Å². The molecule has 1 amide bonds. The average Bonchev–Trinajstić information content (AvgIpc) is 2.47. The normalized spacial score (nSPS) is 22.3. The summed E-state index contributed by atoms with van der Waals surface area (Å²) in [5.74, 6) is -2.89. The van der Waals surface area contributed by atoms with E-state index in [-0.39, 0.29) is 37.8 Å². The molecule has 1 aromatic carbocycles. The SMILES string of the molecule is N[C@@H]1CC[C@@H](C(F)(F)F)N(C(=O)CCc2cccc(F)c2F)C1. The van der Waals surface area contributed by atoms with E-state index in [1.54, 1.807) is 0 Å². The van der Waals surface area contributed by atoms with Crippen molar-refractivity contribution in [3.63, 3.8) is 0 Å². The predicted octanol–water partition coefficient (Wildman–Crippen LogP) is 2.78. The van der Waals surface area contributed by atoms with Gasteiger partial charge in [0.25, 0.3) is 0 Å². The van der Waals surface area contributed by atoms with Crippen molar-refractivity contribution in [3.8, 4) is 0 Å². The molecule has 0 bridgehead atoms. The van der Waals surface area contributed by atoms with E-state index in [4.69, 9.17) is 5.73 Å². The summed E-state index contributed by atoms with van der Waals surface area (Å²) in [7, 11) is 0. The summed E-state index contributed by atoms with van der Waals surface area (Å²) in [5, 5.41) is 0. The molecule has 3 nitrogen and oxygen atoms in total. The third-order valence-corrected chi connectivity index (χ3v) is 3.96. The van der Waals surface area contributed by atoms with E-state index in [2.05, 4.69) is 0 Å². The minimum Gasteiger partial charge on any atom is -0.329 e. The van der Waals surface area contributed by atoms with Crippen molar-refractivity contribution >= 4 is 5.91 Å². The molecule has 1 heterocycles. The Balaban J connectivity index is 2.07. The lowest BCUT2D eigenvalue weighted by atomic mass is 9.97. The van der Waals surface area contributed by atoms with Crippen LogP contribution in [0.4, 0.5) is 22.0 Å². The van der Waals surface area contributed by atoms with Crippen molar-refractivity contribution in [2.45, 2.75) is 43.9 Å². The van der Waals surface area contributed by atoms with E-state index in [0.29, 0.717) is 4.90 Å².